The van der Waals surface area contributed by atoms with Crippen LogP contribution in [0.2, 0.25) is 0 Å². The van der Waals surface area contributed by atoms with Gasteiger partial charge in [-0.25, -0.2) is 0 Å². The number of amides is 2. The summed E-state index contributed by atoms with van der Waals surface area (Å²) in [6.45, 7) is 9.57. The third-order valence-electron chi connectivity index (χ3n) is 6.67. The Balaban J connectivity index is 1.58. The Morgan fingerprint density at radius 1 is 1.11 bits per heavy atom. The smallest absolute Gasteiger partial charge is 0.257 e. The molecule has 1 aliphatic heterocycles. The SMILES string of the molecule is CCC(CC)(CC)C(=O)N1CCC(NC(=O)c2c(C)noc2C2CC2)CC1. The zero-order valence-corrected chi connectivity index (χ0v) is 17.1. The van der Waals surface area contributed by atoms with E-state index in [1.807, 2.05) is 11.8 Å². The third kappa shape index (κ3) is 3.90. The lowest BCUT2D eigenvalue weighted by Gasteiger charge is -2.39. The fourth-order valence-electron chi connectivity index (χ4n) is 4.31. The zero-order chi connectivity index (χ0) is 19.6. The van der Waals surface area contributed by atoms with E-state index in [9.17, 15) is 9.59 Å². The van der Waals surface area contributed by atoms with Crippen LogP contribution in [0.1, 0.15) is 93.4 Å². The van der Waals surface area contributed by atoms with Crippen molar-refractivity contribution in [1.82, 2.24) is 15.4 Å². The van der Waals surface area contributed by atoms with E-state index in [2.05, 4.69) is 31.2 Å². The van der Waals surface area contributed by atoms with Crippen LogP contribution in [0.25, 0.3) is 0 Å². The van der Waals surface area contributed by atoms with E-state index in [1.54, 1.807) is 0 Å². The highest BCUT2D eigenvalue weighted by molar-refractivity contribution is 5.96. The minimum atomic E-state index is -0.227. The molecule has 1 aromatic heterocycles. The highest BCUT2D eigenvalue weighted by Gasteiger charge is 2.38. The van der Waals surface area contributed by atoms with Gasteiger partial charge in [0, 0.05) is 30.5 Å². The normalized spacial score (nSPS) is 18.6. The highest BCUT2D eigenvalue weighted by atomic mass is 16.5. The van der Waals surface area contributed by atoms with Gasteiger partial charge in [-0.15, -0.1) is 0 Å². The number of rotatable bonds is 7. The van der Waals surface area contributed by atoms with Crippen molar-refractivity contribution >= 4 is 11.8 Å². The van der Waals surface area contributed by atoms with Gasteiger partial charge in [0.1, 0.15) is 5.56 Å². The molecule has 2 amide bonds. The Morgan fingerprint density at radius 3 is 2.22 bits per heavy atom. The summed E-state index contributed by atoms with van der Waals surface area (Å²) in [6, 6.07) is 0.0992. The summed E-state index contributed by atoms with van der Waals surface area (Å²) in [5.41, 5.74) is 1.06. The van der Waals surface area contributed by atoms with Gasteiger partial charge in [-0.05, 0) is 51.9 Å². The standard InChI is InChI=1S/C21H33N3O3/c1-5-21(6-2,7-3)20(26)24-12-10-16(11-13-24)22-19(25)17-14(4)23-27-18(17)15-8-9-15/h15-16H,5-13H2,1-4H3,(H,22,25). The van der Waals surface area contributed by atoms with Gasteiger partial charge in [-0.3, -0.25) is 9.59 Å². The fraction of sp³-hybridized carbons (Fsp3) is 0.762. The lowest BCUT2D eigenvalue weighted by molar-refractivity contribution is -0.144. The third-order valence-corrected chi connectivity index (χ3v) is 6.67. The number of hydrogen-bond acceptors (Lipinski definition) is 4. The number of hydrogen-bond donors (Lipinski definition) is 1. The number of aryl methyl sites for hydroxylation is 1. The summed E-state index contributed by atoms with van der Waals surface area (Å²) < 4.78 is 5.39. The fourth-order valence-corrected chi connectivity index (χ4v) is 4.31. The maximum Gasteiger partial charge on any atom is 0.257 e. The highest BCUT2D eigenvalue weighted by Crippen LogP contribution is 2.42. The number of aromatic nitrogens is 1. The zero-order valence-electron chi connectivity index (χ0n) is 17.1. The molecule has 3 rings (SSSR count). The summed E-state index contributed by atoms with van der Waals surface area (Å²) in [4.78, 5) is 27.8. The summed E-state index contributed by atoms with van der Waals surface area (Å²) in [5, 5.41) is 7.14. The summed E-state index contributed by atoms with van der Waals surface area (Å²) in [6.07, 6.45) is 6.39. The molecule has 2 heterocycles. The molecule has 6 heteroatoms. The minimum absolute atomic E-state index is 0.0783. The lowest BCUT2D eigenvalue weighted by Crippen LogP contribution is -2.50. The summed E-state index contributed by atoms with van der Waals surface area (Å²) >= 11 is 0. The van der Waals surface area contributed by atoms with Crippen LogP contribution in [0, 0.1) is 12.3 Å². The van der Waals surface area contributed by atoms with E-state index >= 15 is 0 Å². The first-order chi connectivity index (χ1) is 13.0. The van der Waals surface area contributed by atoms with Crippen molar-refractivity contribution in [2.45, 2.75) is 84.6 Å². The number of likely N-dealkylation sites (tertiary alicyclic amines) is 1. The Hall–Kier alpha value is -1.85. The molecule has 1 N–H and O–H groups in total. The molecule has 6 nitrogen and oxygen atoms in total. The van der Waals surface area contributed by atoms with Crippen LogP contribution in [-0.4, -0.2) is 41.0 Å². The molecule has 0 unspecified atom stereocenters. The van der Waals surface area contributed by atoms with Crippen LogP contribution in [0.15, 0.2) is 4.52 Å². The van der Waals surface area contributed by atoms with Gasteiger partial charge in [0.25, 0.3) is 5.91 Å². The molecule has 2 fully saturated rings. The van der Waals surface area contributed by atoms with Crippen molar-refractivity contribution in [2.75, 3.05) is 13.1 Å². The van der Waals surface area contributed by atoms with Crippen molar-refractivity contribution in [1.29, 1.82) is 0 Å². The largest absolute Gasteiger partial charge is 0.360 e. The second-order valence-electron chi connectivity index (χ2n) is 8.16. The van der Waals surface area contributed by atoms with Crippen LogP contribution in [0.4, 0.5) is 0 Å². The first-order valence-electron chi connectivity index (χ1n) is 10.5. The quantitative estimate of drug-likeness (QED) is 0.786. The molecule has 27 heavy (non-hydrogen) atoms. The topological polar surface area (TPSA) is 75.4 Å². The average molecular weight is 376 g/mol. The molecule has 1 saturated heterocycles. The van der Waals surface area contributed by atoms with Gasteiger partial charge in [0.05, 0.1) is 5.69 Å². The number of carbonyl (C=O) groups is 2. The first-order valence-corrected chi connectivity index (χ1v) is 10.5. The predicted octanol–water partition coefficient (Wildman–Crippen LogP) is 3.80. The Morgan fingerprint density at radius 2 is 1.70 bits per heavy atom. The summed E-state index contributed by atoms with van der Waals surface area (Å²) in [7, 11) is 0. The van der Waals surface area contributed by atoms with Crippen molar-refractivity contribution in [3.05, 3.63) is 17.0 Å². The van der Waals surface area contributed by atoms with Crippen molar-refractivity contribution in [3.63, 3.8) is 0 Å². The van der Waals surface area contributed by atoms with Crippen LogP contribution < -0.4 is 5.32 Å². The molecule has 1 aliphatic carbocycles. The molecule has 0 bridgehead atoms. The van der Waals surface area contributed by atoms with E-state index in [1.165, 1.54) is 0 Å². The van der Waals surface area contributed by atoms with Gasteiger partial charge in [0.2, 0.25) is 5.91 Å². The van der Waals surface area contributed by atoms with Crippen LogP contribution in [0.5, 0.6) is 0 Å². The maximum atomic E-state index is 13.0. The van der Waals surface area contributed by atoms with Gasteiger partial charge >= 0.3 is 0 Å². The van der Waals surface area contributed by atoms with E-state index in [0.717, 1.165) is 50.7 Å². The van der Waals surface area contributed by atoms with E-state index in [4.69, 9.17) is 4.52 Å². The van der Waals surface area contributed by atoms with Gasteiger partial charge in [-0.1, -0.05) is 25.9 Å². The Kier molecular flexibility index (Phi) is 5.92. The van der Waals surface area contributed by atoms with Crippen LogP contribution in [0.3, 0.4) is 0 Å². The maximum absolute atomic E-state index is 13.0. The second kappa shape index (κ2) is 8.03. The molecule has 150 valence electrons. The number of piperidine rings is 1. The molecule has 0 atom stereocenters. The van der Waals surface area contributed by atoms with E-state index in [-0.39, 0.29) is 23.3 Å². The molecule has 1 aromatic rings. The molecule has 2 aliphatic rings. The molecular formula is C21H33N3O3. The van der Waals surface area contributed by atoms with Crippen molar-refractivity contribution < 1.29 is 14.1 Å². The van der Waals surface area contributed by atoms with Gasteiger partial charge < -0.3 is 14.7 Å². The number of nitrogens with one attached hydrogen (secondary N) is 1. The molecule has 0 radical (unpaired) electrons. The Bertz CT molecular complexity index is 673. The van der Waals surface area contributed by atoms with Crippen LogP contribution in [-0.2, 0) is 4.79 Å². The molecule has 1 saturated carbocycles. The second-order valence-corrected chi connectivity index (χ2v) is 8.16. The van der Waals surface area contributed by atoms with Crippen molar-refractivity contribution in [2.24, 2.45) is 5.41 Å². The minimum Gasteiger partial charge on any atom is -0.360 e. The van der Waals surface area contributed by atoms with Crippen LogP contribution >= 0.6 is 0 Å². The van der Waals surface area contributed by atoms with E-state index in [0.29, 0.717) is 30.3 Å². The van der Waals surface area contributed by atoms with Gasteiger partial charge in [-0.2, -0.15) is 0 Å². The molecule has 0 spiro atoms. The number of carbonyl (C=O) groups excluding carboxylic acids is 2. The molecule has 0 aromatic carbocycles. The predicted molar refractivity (Wildman–Crippen MR) is 104 cm³/mol. The summed E-state index contributed by atoms with van der Waals surface area (Å²) in [5.74, 6) is 1.31. The first kappa shape index (κ1) is 19.9. The van der Waals surface area contributed by atoms with E-state index < -0.39 is 0 Å². The Labute approximate surface area is 162 Å². The lowest BCUT2D eigenvalue weighted by atomic mass is 9.78. The number of nitrogens with zero attached hydrogens (tertiary/aromatic N) is 2. The average Bonchev–Trinajstić information content (AvgIpc) is 3.46. The molecular weight excluding hydrogens is 342 g/mol. The van der Waals surface area contributed by atoms with Crippen molar-refractivity contribution in [3.8, 4) is 0 Å². The monoisotopic (exact) mass is 375 g/mol. The van der Waals surface area contributed by atoms with Gasteiger partial charge in [0.15, 0.2) is 5.76 Å².